The average molecular weight is 299 g/mol. The Kier molecular flexibility index (Phi) is 11.3. The summed E-state index contributed by atoms with van der Waals surface area (Å²) in [6, 6.07) is 0. The zero-order chi connectivity index (χ0) is 15.3. The summed E-state index contributed by atoms with van der Waals surface area (Å²) in [5.74, 6) is 0. The molecule has 1 aliphatic rings. The van der Waals surface area contributed by atoms with Gasteiger partial charge in [-0.25, -0.2) is 0 Å². The molecule has 2 nitrogen and oxygen atoms in total. The van der Waals surface area contributed by atoms with E-state index in [0.717, 1.165) is 12.8 Å². The molecule has 1 fully saturated rings. The lowest BCUT2D eigenvalue weighted by Gasteiger charge is -2.08. The lowest BCUT2D eigenvalue weighted by atomic mass is 10.0. The Morgan fingerprint density at radius 2 is 1.24 bits per heavy atom. The topological polar surface area (TPSA) is 32.8 Å². The standard InChI is InChI=1S/C19H38O2/c1-3-4-5-6-7-8-9-10-11-12-13-14-15-18(20)16-19-17(2)21-19/h17-20H,3-16H2,1-2H3/t17-,18-,19+/m1/s1. The van der Waals surface area contributed by atoms with Gasteiger partial charge in [-0.15, -0.1) is 0 Å². The van der Waals surface area contributed by atoms with Gasteiger partial charge in [0, 0.05) is 6.42 Å². The lowest BCUT2D eigenvalue weighted by Crippen LogP contribution is -2.10. The van der Waals surface area contributed by atoms with Gasteiger partial charge in [-0.3, -0.25) is 0 Å². The second-order valence-corrected chi connectivity index (χ2v) is 6.95. The van der Waals surface area contributed by atoms with E-state index < -0.39 is 0 Å². The SMILES string of the molecule is CCCCCCCCCCCCCC[C@@H](O)C[C@@H]1O[C@@H]1C. The van der Waals surface area contributed by atoms with Crippen LogP contribution in [0, 0.1) is 0 Å². The van der Waals surface area contributed by atoms with Crippen molar-refractivity contribution in [3.63, 3.8) is 0 Å². The van der Waals surface area contributed by atoms with Crippen LogP contribution in [0.1, 0.15) is 104 Å². The van der Waals surface area contributed by atoms with Gasteiger partial charge in [0.05, 0.1) is 18.3 Å². The molecule has 3 atom stereocenters. The summed E-state index contributed by atoms with van der Waals surface area (Å²) >= 11 is 0. The molecule has 1 rings (SSSR count). The molecular formula is C19H38O2. The van der Waals surface area contributed by atoms with E-state index in [2.05, 4.69) is 13.8 Å². The molecule has 1 N–H and O–H groups in total. The van der Waals surface area contributed by atoms with Crippen LogP contribution in [0.3, 0.4) is 0 Å². The van der Waals surface area contributed by atoms with Crippen molar-refractivity contribution in [1.29, 1.82) is 0 Å². The van der Waals surface area contributed by atoms with Gasteiger partial charge >= 0.3 is 0 Å². The molecule has 0 aromatic rings. The number of rotatable bonds is 15. The third kappa shape index (κ3) is 11.2. The maximum absolute atomic E-state index is 9.86. The van der Waals surface area contributed by atoms with Gasteiger partial charge in [-0.1, -0.05) is 84.0 Å². The lowest BCUT2D eigenvalue weighted by molar-refractivity contribution is 0.139. The quantitative estimate of drug-likeness (QED) is 0.314. The summed E-state index contributed by atoms with van der Waals surface area (Å²) in [5.41, 5.74) is 0. The van der Waals surface area contributed by atoms with Gasteiger partial charge in [0.15, 0.2) is 0 Å². The molecule has 0 aromatic heterocycles. The Morgan fingerprint density at radius 3 is 1.67 bits per heavy atom. The zero-order valence-corrected chi connectivity index (χ0v) is 14.5. The van der Waals surface area contributed by atoms with Crippen LogP contribution in [-0.2, 0) is 4.74 Å². The predicted octanol–water partition coefficient (Wildman–Crippen LogP) is 5.62. The number of unbranched alkanes of at least 4 members (excludes halogenated alkanes) is 11. The maximum atomic E-state index is 9.86. The van der Waals surface area contributed by atoms with Crippen molar-refractivity contribution >= 4 is 0 Å². The van der Waals surface area contributed by atoms with Gasteiger partial charge in [0.1, 0.15) is 0 Å². The van der Waals surface area contributed by atoms with Crippen LogP contribution in [0.25, 0.3) is 0 Å². The maximum Gasteiger partial charge on any atom is 0.0863 e. The first-order chi connectivity index (χ1) is 10.2. The molecule has 1 heterocycles. The third-order valence-electron chi connectivity index (χ3n) is 4.73. The number of hydrogen-bond acceptors (Lipinski definition) is 2. The van der Waals surface area contributed by atoms with Gasteiger partial charge in [0.25, 0.3) is 0 Å². The van der Waals surface area contributed by atoms with Crippen LogP contribution in [0.5, 0.6) is 0 Å². The number of aliphatic hydroxyl groups excluding tert-OH is 1. The zero-order valence-electron chi connectivity index (χ0n) is 14.5. The molecule has 0 radical (unpaired) electrons. The smallest absolute Gasteiger partial charge is 0.0863 e. The first-order valence-electron chi connectivity index (χ1n) is 9.57. The van der Waals surface area contributed by atoms with E-state index in [4.69, 9.17) is 4.74 Å². The molecule has 1 saturated heterocycles. The highest BCUT2D eigenvalue weighted by atomic mass is 16.6. The molecule has 0 bridgehead atoms. The molecule has 0 unspecified atom stereocenters. The Bertz CT molecular complexity index is 230. The third-order valence-corrected chi connectivity index (χ3v) is 4.73. The number of epoxide rings is 1. The van der Waals surface area contributed by atoms with E-state index >= 15 is 0 Å². The average Bonchev–Trinajstić information content (AvgIpc) is 3.15. The van der Waals surface area contributed by atoms with E-state index in [1.807, 2.05) is 0 Å². The molecule has 0 amide bonds. The fraction of sp³-hybridized carbons (Fsp3) is 1.00. The highest BCUT2D eigenvalue weighted by Crippen LogP contribution is 2.27. The van der Waals surface area contributed by atoms with Crippen LogP contribution in [-0.4, -0.2) is 23.4 Å². The van der Waals surface area contributed by atoms with E-state index in [-0.39, 0.29) is 6.10 Å². The molecule has 126 valence electrons. The summed E-state index contributed by atoms with van der Waals surface area (Å²) in [6.07, 6.45) is 18.9. The van der Waals surface area contributed by atoms with Crippen molar-refractivity contribution in [1.82, 2.24) is 0 Å². The fourth-order valence-corrected chi connectivity index (χ4v) is 3.08. The summed E-state index contributed by atoms with van der Waals surface area (Å²) < 4.78 is 5.34. The minimum atomic E-state index is -0.136. The van der Waals surface area contributed by atoms with Crippen molar-refractivity contribution in [2.45, 2.75) is 122 Å². The summed E-state index contributed by atoms with van der Waals surface area (Å²) in [4.78, 5) is 0. The minimum Gasteiger partial charge on any atom is -0.393 e. The van der Waals surface area contributed by atoms with Gasteiger partial charge in [0.2, 0.25) is 0 Å². The first kappa shape index (κ1) is 19.0. The molecule has 0 aromatic carbocycles. The van der Waals surface area contributed by atoms with Crippen LogP contribution >= 0.6 is 0 Å². The fourth-order valence-electron chi connectivity index (χ4n) is 3.08. The van der Waals surface area contributed by atoms with Crippen molar-refractivity contribution in [3.8, 4) is 0 Å². The van der Waals surface area contributed by atoms with Crippen molar-refractivity contribution in [2.75, 3.05) is 0 Å². The summed E-state index contributed by atoms with van der Waals surface area (Å²) in [5, 5.41) is 9.86. The van der Waals surface area contributed by atoms with Gasteiger partial charge < -0.3 is 9.84 Å². The van der Waals surface area contributed by atoms with Gasteiger partial charge in [-0.05, 0) is 13.3 Å². The number of ether oxygens (including phenoxy) is 1. The molecule has 2 heteroatoms. The molecule has 1 aliphatic heterocycles. The summed E-state index contributed by atoms with van der Waals surface area (Å²) in [6.45, 7) is 4.36. The van der Waals surface area contributed by atoms with Gasteiger partial charge in [-0.2, -0.15) is 0 Å². The van der Waals surface area contributed by atoms with Crippen LogP contribution in [0.2, 0.25) is 0 Å². The molecule has 0 aliphatic carbocycles. The van der Waals surface area contributed by atoms with E-state index in [1.165, 1.54) is 77.0 Å². The van der Waals surface area contributed by atoms with Crippen LogP contribution in [0.15, 0.2) is 0 Å². The van der Waals surface area contributed by atoms with Crippen LogP contribution < -0.4 is 0 Å². The van der Waals surface area contributed by atoms with Crippen LogP contribution in [0.4, 0.5) is 0 Å². The molecule has 21 heavy (non-hydrogen) atoms. The Morgan fingerprint density at radius 1 is 0.810 bits per heavy atom. The van der Waals surface area contributed by atoms with E-state index in [1.54, 1.807) is 0 Å². The Hall–Kier alpha value is -0.0800. The summed E-state index contributed by atoms with van der Waals surface area (Å²) in [7, 11) is 0. The van der Waals surface area contributed by atoms with Crippen molar-refractivity contribution < 1.29 is 9.84 Å². The molecule has 0 spiro atoms. The molecule has 0 saturated carbocycles. The van der Waals surface area contributed by atoms with Crippen molar-refractivity contribution in [3.05, 3.63) is 0 Å². The Balaban J connectivity index is 1.70. The second-order valence-electron chi connectivity index (χ2n) is 6.95. The second kappa shape index (κ2) is 12.5. The van der Waals surface area contributed by atoms with E-state index in [9.17, 15) is 5.11 Å². The molecular weight excluding hydrogens is 260 g/mol. The minimum absolute atomic E-state index is 0.136. The normalized spacial score (nSPS) is 22.4. The van der Waals surface area contributed by atoms with E-state index in [0.29, 0.717) is 12.2 Å². The van der Waals surface area contributed by atoms with Crippen molar-refractivity contribution in [2.24, 2.45) is 0 Å². The highest BCUT2D eigenvalue weighted by Gasteiger charge is 2.35. The monoisotopic (exact) mass is 298 g/mol. The first-order valence-corrected chi connectivity index (χ1v) is 9.57. The number of aliphatic hydroxyl groups is 1. The number of hydrogen-bond donors (Lipinski definition) is 1. The highest BCUT2D eigenvalue weighted by molar-refractivity contribution is 4.82. The largest absolute Gasteiger partial charge is 0.393 e. The predicted molar refractivity (Wildman–Crippen MR) is 90.7 cm³/mol. The Labute approximate surface area is 132 Å².